The van der Waals surface area contributed by atoms with E-state index in [1.165, 1.54) is 4.90 Å². The fourth-order valence-electron chi connectivity index (χ4n) is 3.29. The molecule has 34 heavy (non-hydrogen) atoms. The van der Waals surface area contributed by atoms with E-state index in [9.17, 15) is 9.59 Å². The van der Waals surface area contributed by atoms with Crippen molar-refractivity contribution >= 4 is 23.3 Å². The molecule has 0 aliphatic rings. The number of carbonyl (C=O) groups is 2. The number of nitrogens with one attached hydrogen (secondary N) is 1. The molecule has 2 aromatic carbocycles. The molecule has 2 amide bonds. The van der Waals surface area contributed by atoms with E-state index in [0.29, 0.717) is 22.7 Å². The number of anilines is 1. The predicted molar refractivity (Wildman–Crippen MR) is 129 cm³/mol. The Bertz CT molecular complexity index is 1260. The minimum atomic E-state index is -0.503. The Kier molecular flexibility index (Phi) is 6.77. The monoisotopic (exact) mass is 458 g/mol. The van der Waals surface area contributed by atoms with E-state index in [0.717, 1.165) is 11.3 Å². The van der Waals surface area contributed by atoms with Gasteiger partial charge in [-0.05, 0) is 68.4 Å². The van der Waals surface area contributed by atoms with Crippen molar-refractivity contribution in [3.8, 4) is 11.5 Å². The van der Waals surface area contributed by atoms with Crippen LogP contribution in [0.1, 0.15) is 29.9 Å². The number of aromatic nitrogens is 2. The fourth-order valence-corrected chi connectivity index (χ4v) is 3.29. The number of carbonyl (C=O) groups excluding carboxylic acids is 2. The van der Waals surface area contributed by atoms with Gasteiger partial charge in [0, 0.05) is 31.2 Å². The molecule has 0 fully saturated rings. The smallest absolute Gasteiger partial charge is 0.343 e. The number of ether oxygens (including phenoxy) is 2. The molecular weight excluding hydrogens is 432 g/mol. The summed E-state index contributed by atoms with van der Waals surface area (Å²) in [5.74, 6) is 0.416. The lowest BCUT2D eigenvalue weighted by molar-refractivity contribution is 0.0734. The number of urea groups is 1. The number of amides is 2. The van der Waals surface area contributed by atoms with Crippen LogP contribution in [-0.2, 0) is 6.61 Å². The normalized spacial score (nSPS) is 10.8. The number of esters is 1. The summed E-state index contributed by atoms with van der Waals surface area (Å²) in [6.07, 6.45) is 3.83. The minimum absolute atomic E-state index is 0.0365. The van der Waals surface area contributed by atoms with Gasteiger partial charge in [0.2, 0.25) is 0 Å². The summed E-state index contributed by atoms with van der Waals surface area (Å²) in [6.45, 7) is 4.07. The lowest BCUT2D eigenvalue weighted by atomic mass is 10.2. The second kappa shape index (κ2) is 10.1. The van der Waals surface area contributed by atoms with E-state index in [-0.39, 0.29) is 18.7 Å². The SMILES string of the molecule is CC(C)NC(=O)N(C)c1ccc(OC(=O)c2cccc(OCc3cn4ccccc4n3)c2)cc1. The van der Waals surface area contributed by atoms with Crippen LogP contribution in [0.4, 0.5) is 10.5 Å². The average Bonchev–Trinajstić information content (AvgIpc) is 3.25. The topological polar surface area (TPSA) is 85.2 Å². The lowest BCUT2D eigenvalue weighted by Gasteiger charge is -2.20. The third-order valence-corrected chi connectivity index (χ3v) is 5.02. The number of benzene rings is 2. The van der Waals surface area contributed by atoms with Crippen LogP contribution in [-0.4, -0.2) is 34.5 Å². The molecule has 8 heteroatoms. The summed E-state index contributed by atoms with van der Waals surface area (Å²) >= 11 is 0. The molecule has 8 nitrogen and oxygen atoms in total. The van der Waals surface area contributed by atoms with Gasteiger partial charge in [-0.1, -0.05) is 12.1 Å². The number of fused-ring (bicyclic) bond motifs is 1. The van der Waals surface area contributed by atoms with Crippen LogP contribution in [0, 0.1) is 0 Å². The molecule has 174 valence electrons. The molecule has 0 atom stereocenters. The number of rotatable bonds is 7. The maximum absolute atomic E-state index is 12.6. The van der Waals surface area contributed by atoms with E-state index in [4.69, 9.17) is 9.47 Å². The molecule has 0 spiro atoms. The van der Waals surface area contributed by atoms with Crippen molar-refractivity contribution in [2.75, 3.05) is 11.9 Å². The number of nitrogens with zero attached hydrogens (tertiary/aromatic N) is 3. The molecule has 0 unspecified atom stereocenters. The van der Waals surface area contributed by atoms with Crippen LogP contribution in [0.2, 0.25) is 0 Å². The minimum Gasteiger partial charge on any atom is -0.487 e. The maximum Gasteiger partial charge on any atom is 0.343 e. The first-order chi connectivity index (χ1) is 16.4. The number of hydrogen-bond acceptors (Lipinski definition) is 5. The second-order valence-corrected chi connectivity index (χ2v) is 8.06. The largest absolute Gasteiger partial charge is 0.487 e. The van der Waals surface area contributed by atoms with Gasteiger partial charge in [0.1, 0.15) is 23.8 Å². The molecule has 0 aliphatic heterocycles. The molecule has 4 rings (SSSR count). The first-order valence-corrected chi connectivity index (χ1v) is 10.9. The van der Waals surface area contributed by atoms with Crippen LogP contribution in [0.15, 0.2) is 79.1 Å². The Morgan fingerprint density at radius 2 is 1.82 bits per heavy atom. The van der Waals surface area contributed by atoms with E-state index in [1.54, 1.807) is 55.6 Å². The van der Waals surface area contributed by atoms with E-state index >= 15 is 0 Å². The van der Waals surface area contributed by atoms with Gasteiger partial charge in [-0.15, -0.1) is 0 Å². The Labute approximate surface area is 197 Å². The highest BCUT2D eigenvalue weighted by Crippen LogP contribution is 2.21. The Morgan fingerprint density at radius 3 is 2.56 bits per heavy atom. The van der Waals surface area contributed by atoms with Crippen LogP contribution in [0.3, 0.4) is 0 Å². The zero-order chi connectivity index (χ0) is 24.1. The summed E-state index contributed by atoms with van der Waals surface area (Å²) in [6, 6.07) is 19.2. The Morgan fingerprint density at radius 1 is 1.03 bits per heavy atom. The Balaban J connectivity index is 1.36. The molecule has 0 saturated carbocycles. The lowest BCUT2D eigenvalue weighted by Crippen LogP contribution is -2.40. The summed E-state index contributed by atoms with van der Waals surface area (Å²) in [7, 11) is 1.68. The summed E-state index contributed by atoms with van der Waals surface area (Å²) in [4.78, 5) is 30.8. The Hall–Kier alpha value is -4.33. The number of imidazole rings is 1. The molecule has 2 aromatic heterocycles. The van der Waals surface area contributed by atoms with Crippen molar-refractivity contribution in [1.29, 1.82) is 0 Å². The second-order valence-electron chi connectivity index (χ2n) is 8.06. The third kappa shape index (κ3) is 5.53. The van der Waals surface area contributed by atoms with Crippen molar-refractivity contribution in [3.63, 3.8) is 0 Å². The van der Waals surface area contributed by atoms with Crippen molar-refractivity contribution in [1.82, 2.24) is 14.7 Å². The van der Waals surface area contributed by atoms with Crippen LogP contribution < -0.4 is 19.7 Å². The van der Waals surface area contributed by atoms with Gasteiger partial charge in [0.25, 0.3) is 0 Å². The standard InChI is InChI=1S/C26H26N4O4/c1-18(2)27-26(32)29(3)21-10-12-22(13-11-21)34-25(31)19-7-6-8-23(15-19)33-17-20-16-30-14-5-4-9-24(30)28-20/h4-16,18H,17H2,1-3H3,(H,27,32). The molecule has 2 heterocycles. The van der Waals surface area contributed by atoms with E-state index in [1.807, 2.05) is 48.8 Å². The number of pyridine rings is 1. The molecule has 1 N–H and O–H groups in total. The van der Waals surface area contributed by atoms with Crippen molar-refractivity contribution in [3.05, 3.63) is 90.4 Å². The van der Waals surface area contributed by atoms with Gasteiger partial charge in [-0.3, -0.25) is 4.90 Å². The zero-order valence-electron chi connectivity index (χ0n) is 19.3. The van der Waals surface area contributed by atoms with Crippen LogP contribution in [0.25, 0.3) is 5.65 Å². The van der Waals surface area contributed by atoms with Gasteiger partial charge in [0.15, 0.2) is 0 Å². The maximum atomic E-state index is 12.6. The zero-order valence-corrected chi connectivity index (χ0v) is 19.3. The molecule has 4 aromatic rings. The highest BCUT2D eigenvalue weighted by atomic mass is 16.5. The van der Waals surface area contributed by atoms with Crippen molar-refractivity contribution in [2.24, 2.45) is 0 Å². The molecule has 0 bridgehead atoms. The van der Waals surface area contributed by atoms with Crippen molar-refractivity contribution < 1.29 is 19.1 Å². The van der Waals surface area contributed by atoms with E-state index < -0.39 is 5.97 Å². The summed E-state index contributed by atoms with van der Waals surface area (Å²) < 4.78 is 13.2. The van der Waals surface area contributed by atoms with Gasteiger partial charge < -0.3 is 19.2 Å². The average molecular weight is 459 g/mol. The highest BCUT2D eigenvalue weighted by molar-refractivity contribution is 5.92. The molecule has 0 aliphatic carbocycles. The first kappa shape index (κ1) is 22.8. The molecule has 0 saturated heterocycles. The van der Waals surface area contributed by atoms with Gasteiger partial charge in [-0.2, -0.15) is 0 Å². The van der Waals surface area contributed by atoms with Gasteiger partial charge in [-0.25, -0.2) is 14.6 Å². The van der Waals surface area contributed by atoms with Gasteiger partial charge >= 0.3 is 12.0 Å². The summed E-state index contributed by atoms with van der Waals surface area (Å²) in [5.41, 5.74) is 2.67. The number of hydrogen-bond donors (Lipinski definition) is 1. The van der Waals surface area contributed by atoms with Crippen molar-refractivity contribution in [2.45, 2.75) is 26.5 Å². The fraction of sp³-hybridized carbons (Fsp3) is 0.192. The van der Waals surface area contributed by atoms with Crippen LogP contribution >= 0.6 is 0 Å². The first-order valence-electron chi connectivity index (χ1n) is 10.9. The predicted octanol–water partition coefficient (Wildman–Crippen LogP) is 4.69. The van der Waals surface area contributed by atoms with E-state index in [2.05, 4.69) is 10.3 Å². The molecular formula is C26H26N4O4. The van der Waals surface area contributed by atoms with Gasteiger partial charge in [0.05, 0.1) is 11.3 Å². The highest BCUT2D eigenvalue weighted by Gasteiger charge is 2.14. The third-order valence-electron chi connectivity index (χ3n) is 5.02. The quantitative estimate of drug-likeness (QED) is 0.321. The van der Waals surface area contributed by atoms with Crippen LogP contribution in [0.5, 0.6) is 11.5 Å². The summed E-state index contributed by atoms with van der Waals surface area (Å²) in [5, 5.41) is 2.83. The molecule has 0 radical (unpaired) electrons.